The maximum atomic E-state index is 8.26. The van der Waals surface area contributed by atoms with E-state index >= 15 is 0 Å². The summed E-state index contributed by atoms with van der Waals surface area (Å²) in [5, 5.41) is 11.2. The molecular weight excluding hydrogens is 172 g/mol. The van der Waals surface area contributed by atoms with E-state index in [4.69, 9.17) is 5.21 Å². The predicted molar refractivity (Wildman–Crippen MR) is 50.0 cm³/mol. The fourth-order valence-electron chi connectivity index (χ4n) is 0.814. The molecule has 1 rings (SSSR count). The quantitative estimate of drug-likeness (QED) is 0.336. The third kappa shape index (κ3) is 2.54. The molecule has 0 aliphatic rings. The van der Waals surface area contributed by atoms with Crippen LogP contribution in [0.3, 0.4) is 0 Å². The molecule has 0 amide bonds. The topological polar surface area (TPSA) is 45.5 Å². The average Bonchev–Trinajstić information content (AvgIpc) is 2.06. The molecule has 0 aliphatic carbocycles. The van der Waals surface area contributed by atoms with Crippen LogP contribution in [0, 0.1) is 0 Å². The number of hydrogen-bond donors (Lipinski definition) is 1. The minimum Gasteiger partial charge on any atom is -0.411 e. The highest BCUT2D eigenvalue weighted by molar-refractivity contribution is 7.99. The number of rotatable bonds is 3. The molecule has 0 saturated carbocycles. The van der Waals surface area contributed by atoms with E-state index in [1.165, 1.54) is 6.21 Å². The molecule has 0 saturated heterocycles. The average molecular weight is 182 g/mol. The van der Waals surface area contributed by atoms with Gasteiger partial charge >= 0.3 is 0 Å². The zero-order chi connectivity index (χ0) is 8.81. The van der Waals surface area contributed by atoms with Crippen molar-refractivity contribution in [1.29, 1.82) is 0 Å². The summed E-state index contributed by atoms with van der Waals surface area (Å²) in [6.07, 6.45) is 3.02. The Morgan fingerprint density at radius 1 is 1.75 bits per heavy atom. The van der Waals surface area contributed by atoms with Crippen LogP contribution in [0.2, 0.25) is 0 Å². The normalized spacial score (nSPS) is 10.8. The van der Waals surface area contributed by atoms with Gasteiger partial charge in [0.2, 0.25) is 0 Å². The van der Waals surface area contributed by atoms with E-state index in [2.05, 4.69) is 17.1 Å². The molecule has 0 bridgehead atoms. The molecular formula is C8H10N2OS. The van der Waals surface area contributed by atoms with Gasteiger partial charge in [0, 0.05) is 11.1 Å². The molecule has 1 heterocycles. The second-order valence-corrected chi connectivity index (χ2v) is 3.43. The van der Waals surface area contributed by atoms with E-state index < -0.39 is 0 Å². The van der Waals surface area contributed by atoms with Crippen molar-refractivity contribution in [2.45, 2.75) is 11.8 Å². The summed E-state index contributed by atoms with van der Waals surface area (Å²) in [5.74, 6) is 1.03. The molecule has 1 N–H and O–H groups in total. The van der Waals surface area contributed by atoms with Crippen molar-refractivity contribution < 1.29 is 5.21 Å². The van der Waals surface area contributed by atoms with Crippen LogP contribution < -0.4 is 0 Å². The maximum absolute atomic E-state index is 8.26. The number of oxime groups is 1. The number of pyridine rings is 1. The van der Waals surface area contributed by atoms with Crippen molar-refractivity contribution >= 4 is 18.0 Å². The van der Waals surface area contributed by atoms with Gasteiger partial charge in [-0.3, -0.25) is 4.98 Å². The summed E-state index contributed by atoms with van der Waals surface area (Å²) in [6.45, 7) is 2.09. The molecule has 0 fully saturated rings. The Kier molecular flexibility index (Phi) is 3.60. The van der Waals surface area contributed by atoms with Crippen LogP contribution in [0.5, 0.6) is 0 Å². The molecule has 0 unspecified atom stereocenters. The van der Waals surface area contributed by atoms with Crippen LogP contribution in [-0.4, -0.2) is 22.2 Å². The second-order valence-electron chi connectivity index (χ2n) is 2.09. The first kappa shape index (κ1) is 9.06. The molecule has 12 heavy (non-hydrogen) atoms. The lowest BCUT2D eigenvalue weighted by atomic mass is 10.4. The SMILES string of the molecule is CCSc1ccnc(/C=N/O)c1. The lowest BCUT2D eigenvalue weighted by Crippen LogP contribution is -1.86. The Labute approximate surface area is 75.5 Å². The lowest BCUT2D eigenvalue weighted by Gasteiger charge is -1.97. The first-order valence-corrected chi connectivity index (χ1v) is 4.61. The molecule has 4 heteroatoms. The van der Waals surface area contributed by atoms with Crippen molar-refractivity contribution in [3.05, 3.63) is 24.0 Å². The molecule has 64 valence electrons. The van der Waals surface area contributed by atoms with E-state index in [1.54, 1.807) is 18.0 Å². The largest absolute Gasteiger partial charge is 0.411 e. The van der Waals surface area contributed by atoms with Gasteiger partial charge < -0.3 is 5.21 Å². The van der Waals surface area contributed by atoms with Gasteiger partial charge in [0.05, 0.1) is 11.9 Å². The van der Waals surface area contributed by atoms with Gasteiger partial charge in [0.1, 0.15) is 0 Å². The molecule has 0 radical (unpaired) electrons. The van der Waals surface area contributed by atoms with Crippen molar-refractivity contribution in [2.75, 3.05) is 5.75 Å². The van der Waals surface area contributed by atoms with Crippen LogP contribution in [-0.2, 0) is 0 Å². The smallest absolute Gasteiger partial charge is 0.0918 e. The van der Waals surface area contributed by atoms with Crippen molar-refractivity contribution in [2.24, 2.45) is 5.16 Å². The third-order valence-corrected chi connectivity index (χ3v) is 2.13. The van der Waals surface area contributed by atoms with Gasteiger partial charge in [0.15, 0.2) is 0 Å². The van der Waals surface area contributed by atoms with E-state index in [9.17, 15) is 0 Å². The van der Waals surface area contributed by atoms with Crippen molar-refractivity contribution in [1.82, 2.24) is 4.98 Å². The molecule has 1 aromatic rings. The first-order valence-electron chi connectivity index (χ1n) is 3.63. The van der Waals surface area contributed by atoms with Crippen LogP contribution in [0.4, 0.5) is 0 Å². The van der Waals surface area contributed by atoms with E-state index in [0.717, 1.165) is 10.6 Å². The third-order valence-electron chi connectivity index (χ3n) is 1.25. The Bertz CT molecular complexity index is 276. The standard InChI is InChI=1S/C8H10N2OS/c1-2-12-8-3-4-9-7(5-8)6-10-11/h3-6,11H,2H2,1H3/b10-6+. The summed E-state index contributed by atoms with van der Waals surface area (Å²) in [6, 6.07) is 3.82. The van der Waals surface area contributed by atoms with E-state index in [-0.39, 0.29) is 0 Å². The van der Waals surface area contributed by atoms with Gasteiger partial charge in [-0.2, -0.15) is 0 Å². The van der Waals surface area contributed by atoms with Crippen LogP contribution in [0.15, 0.2) is 28.4 Å². The van der Waals surface area contributed by atoms with Gasteiger partial charge in [-0.1, -0.05) is 12.1 Å². The summed E-state index contributed by atoms with van der Waals surface area (Å²) in [7, 11) is 0. The van der Waals surface area contributed by atoms with E-state index in [1.807, 2.05) is 12.1 Å². The highest BCUT2D eigenvalue weighted by atomic mass is 32.2. The van der Waals surface area contributed by atoms with Gasteiger partial charge in [-0.15, -0.1) is 11.8 Å². The summed E-state index contributed by atoms with van der Waals surface area (Å²) in [4.78, 5) is 5.13. The summed E-state index contributed by atoms with van der Waals surface area (Å²) in [5.41, 5.74) is 0.677. The van der Waals surface area contributed by atoms with Gasteiger partial charge in [0.25, 0.3) is 0 Å². The van der Waals surface area contributed by atoms with Crippen LogP contribution in [0.25, 0.3) is 0 Å². The molecule has 0 aromatic carbocycles. The van der Waals surface area contributed by atoms with Crippen molar-refractivity contribution in [3.8, 4) is 0 Å². The molecule has 0 spiro atoms. The minimum atomic E-state index is 0.677. The second kappa shape index (κ2) is 4.77. The monoisotopic (exact) mass is 182 g/mol. The molecule has 3 nitrogen and oxygen atoms in total. The van der Waals surface area contributed by atoms with Crippen LogP contribution in [0.1, 0.15) is 12.6 Å². The fraction of sp³-hybridized carbons (Fsp3) is 0.250. The summed E-state index contributed by atoms with van der Waals surface area (Å²) < 4.78 is 0. The van der Waals surface area contributed by atoms with Crippen LogP contribution >= 0.6 is 11.8 Å². The first-order chi connectivity index (χ1) is 5.86. The lowest BCUT2D eigenvalue weighted by molar-refractivity contribution is 0.321. The Morgan fingerprint density at radius 3 is 3.25 bits per heavy atom. The Balaban J connectivity index is 2.80. The number of aromatic nitrogens is 1. The van der Waals surface area contributed by atoms with Gasteiger partial charge in [-0.25, -0.2) is 0 Å². The highest BCUT2D eigenvalue weighted by Gasteiger charge is 1.93. The number of hydrogen-bond acceptors (Lipinski definition) is 4. The number of thioether (sulfide) groups is 1. The van der Waals surface area contributed by atoms with E-state index in [0.29, 0.717) is 5.69 Å². The molecule has 1 aromatic heterocycles. The molecule has 0 aliphatic heterocycles. The Hall–Kier alpha value is -1.03. The minimum absolute atomic E-state index is 0.677. The zero-order valence-corrected chi connectivity index (χ0v) is 7.58. The maximum Gasteiger partial charge on any atom is 0.0918 e. The molecule has 0 atom stereocenters. The fourth-order valence-corrected chi connectivity index (χ4v) is 1.51. The Morgan fingerprint density at radius 2 is 2.58 bits per heavy atom. The summed E-state index contributed by atoms with van der Waals surface area (Å²) >= 11 is 1.73. The predicted octanol–water partition coefficient (Wildman–Crippen LogP) is 2.00. The zero-order valence-electron chi connectivity index (χ0n) is 6.77. The van der Waals surface area contributed by atoms with Crippen molar-refractivity contribution in [3.63, 3.8) is 0 Å². The highest BCUT2D eigenvalue weighted by Crippen LogP contribution is 2.16. The van der Waals surface area contributed by atoms with Gasteiger partial charge in [-0.05, 0) is 17.9 Å². The number of nitrogens with zero attached hydrogens (tertiary/aromatic N) is 2.